The number of H-pyrrole nitrogens is 1. The number of halogens is 1. The lowest BCUT2D eigenvalue weighted by Gasteiger charge is -2.02. The van der Waals surface area contributed by atoms with Gasteiger partial charge in [-0.25, -0.2) is 4.98 Å². The van der Waals surface area contributed by atoms with E-state index in [-0.39, 0.29) is 0 Å². The van der Waals surface area contributed by atoms with Gasteiger partial charge >= 0.3 is 0 Å². The molecule has 2 nitrogen and oxygen atoms in total. The van der Waals surface area contributed by atoms with Crippen LogP contribution in [-0.2, 0) is 0 Å². The molecule has 0 radical (unpaired) electrons. The van der Waals surface area contributed by atoms with E-state index in [2.05, 4.69) is 29.0 Å². The van der Waals surface area contributed by atoms with E-state index in [1.807, 2.05) is 24.3 Å². The quantitative estimate of drug-likeness (QED) is 0.681. The topological polar surface area (TPSA) is 28.7 Å². The number of aromatic nitrogens is 2. The molecule has 0 amide bonds. The minimum absolute atomic E-state index is 0.750. The zero-order chi connectivity index (χ0) is 11.8. The molecule has 0 fully saturated rings. The van der Waals surface area contributed by atoms with Gasteiger partial charge in [-0.2, -0.15) is 0 Å². The Labute approximate surface area is 104 Å². The first kappa shape index (κ1) is 10.4. The Morgan fingerprint density at radius 1 is 1.18 bits per heavy atom. The van der Waals surface area contributed by atoms with Gasteiger partial charge in [0.1, 0.15) is 5.65 Å². The molecule has 2 heterocycles. The minimum Gasteiger partial charge on any atom is -0.343 e. The van der Waals surface area contributed by atoms with Crippen LogP contribution in [0.3, 0.4) is 0 Å². The molecule has 0 spiro atoms. The molecule has 2 aromatic heterocycles. The van der Waals surface area contributed by atoms with Crippen molar-refractivity contribution >= 4 is 22.6 Å². The first-order valence-electron chi connectivity index (χ1n) is 5.45. The van der Waals surface area contributed by atoms with Gasteiger partial charge in [0.2, 0.25) is 0 Å². The Morgan fingerprint density at radius 2 is 2.06 bits per heavy atom. The molecule has 0 atom stereocenters. The van der Waals surface area contributed by atoms with Gasteiger partial charge in [0.25, 0.3) is 0 Å². The molecule has 0 unspecified atom stereocenters. The fourth-order valence-electron chi connectivity index (χ4n) is 2.16. The Kier molecular flexibility index (Phi) is 2.37. The van der Waals surface area contributed by atoms with Crippen LogP contribution in [0, 0.1) is 6.92 Å². The van der Waals surface area contributed by atoms with Crippen molar-refractivity contribution in [1.82, 2.24) is 9.97 Å². The Morgan fingerprint density at radius 3 is 2.88 bits per heavy atom. The van der Waals surface area contributed by atoms with E-state index in [0.717, 1.165) is 27.3 Å². The summed E-state index contributed by atoms with van der Waals surface area (Å²) in [4.78, 5) is 7.61. The van der Waals surface area contributed by atoms with Crippen LogP contribution in [0.25, 0.3) is 22.2 Å². The van der Waals surface area contributed by atoms with Crippen molar-refractivity contribution in [3.05, 3.63) is 53.3 Å². The van der Waals surface area contributed by atoms with E-state index in [1.54, 1.807) is 6.20 Å². The molecule has 3 aromatic rings. The SMILES string of the molecule is Cc1[nH]c2ncccc2c1-c1cccc(Cl)c1. The number of rotatable bonds is 1. The summed E-state index contributed by atoms with van der Waals surface area (Å²) in [6.07, 6.45) is 1.79. The summed E-state index contributed by atoms with van der Waals surface area (Å²) in [5.41, 5.74) is 4.32. The van der Waals surface area contributed by atoms with Gasteiger partial charge in [-0.15, -0.1) is 0 Å². The van der Waals surface area contributed by atoms with Gasteiger partial charge in [0, 0.05) is 27.9 Å². The zero-order valence-corrected chi connectivity index (χ0v) is 10.1. The predicted octanol–water partition coefficient (Wildman–Crippen LogP) is 4.19. The molecule has 0 aliphatic rings. The third kappa shape index (κ3) is 1.71. The fourth-order valence-corrected chi connectivity index (χ4v) is 2.36. The summed E-state index contributed by atoms with van der Waals surface area (Å²) in [5, 5.41) is 1.88. The first-order chi connectivity index (χ1) is 8.25. The van der Waals surface area contributed by atoms with E-state index in [4.69, 9.17) is 11.6 Å². The van der Waals surface area contributed by atoms with Gasteiger partial charge in [-0.05, 0) is 36.8 Å². The lowest BCUT2D eigenvalue weighted by molar-refractivity contribution is 1.25. The highest BCUT2D eigenvalue weighted by molar-refractivity contribution is 6.30. The van der Waals surface area contributed by atoms with Gasteiger partial charge in [-0.1, -0.05) is 23.7 Å². The van der Waals surface area contributed by atoms with Gasteiger partial charge < -0.3 is 4.98 Å². The van der Waals surface area contributed by atoms with E-state index in [0.29, 0.717) is 0 Å². The maximum atomic E-state index is 6.04. The van der Waals surface area contributed by atoms with Crippen LogP contribution in [0.2, 0.25) is 5.02 Å². The maximum absolute atomic E-state index is 6.04. The van der Waals surface area contributed by atoms with Crippen molar-refractivity contribution in [1.29, 1.82) is 0 Å². The molecule has 0 saturated carbocycles. The first-order valence-corrected chi connectivity index (χ1v) is 5.83. The fraction of sp³-hybridized carbons (Fsp3) is 0.0714. The summed E-state index contributed by atoms with van der Waals surface area (Å²) in [5.74, 6) is 0. The highest BCUT2D eigenvalue weighted by atomic mass is 35.5. The smallest absolute Gasteiger partial charge is 0.138 e. The minimum atomic E-state index is 0.750. The highest BCUT2D eigenvalue weighted by Crippen LogP contribution is 2.32. The van der Waals surface area contributed by atoms with Crippen molar-refractivity contribution in [2.75, 3.05) is 0 Å². The van der Waals surface area contributed by atoms with Gasteiger partial charge in [0.15, 0.2) is 0 Å². The Bertz CT molecular complexity index is 686. The van der Waals surface area contributed by atoms with Gasteiger partial charge in [0.05, 0.1) is 0 Å². The molecule has 84 valence electrons. The van der Waals surface area contributed by atoms with Crippen molar-refractivity contribution < 1.29 is 0 Å². The number of hydrogen-bond donors (Lipinski definition) is 1. The number of aromatic amines is 1. The van der Waals surface area contributed by atoms with E-state index >= 15 is 0 Å². The van der Waals surface area contributed by atoms with Crippen LogP contribution in [0.4, 0.5) is 0 Å². The van der Waals surface area contributed by atoms with Crippen molar-refractivity contribution in [2.45, 2.75) is 6.92 Å². The van der Waals surface area contributed by atoms with Gasteiger partial charge in [-0.3, -0.25) is 0 Å². The maximum Gasteiger partial charge on any atom is 0.138 e. The summed E-state index contributed by atoms with van der Waals surface area (Å²) in [7, 11) is 0. The Hall–Kier alpha value is -1.80. The third-order valence-corrected chi connectivity index (χ3v) is 3.11. The van der Waals surface area contributed by atoms with E-state index in [9.17, 15) is 0 Å². The number of pyridine rings is 1. The molecule has 0 aliphatic heterocycles. The largest absolute Gasteiger partial charge is 0.343 e. The van der Waals surface area contributed by atoms with Crippen LogP contribution >= 0.6 is 11.6 Å². The summed E-state index contributed by atoms with van der Waals surface area (Å²) >= 11 is 6.04. The molecule has 3 heteroatoms. The van der Waals surface area contributed by atoms with Crippen LogP contribution in [-0.4, -0.2) is 9.97 Å². The second-order valence-electron chi connectivity index (χ2n) is 4.03. The molecule has 1 N–H and O–H groups in total. The van der Waals surface area contributed by atoms with Crippen molar-refractivity contribution in [2.24, 2.45) is 0 Å². The van der Waals surface area contributed by atoms with Crippen LogP contribution in [0.1, 0.15) is 5.69 Å². The summed E-state index contributed by atoms with van der Waals surface area (Å²) in [6.45, 7) is 2.05. The third-order valence-electron chi connectivity index (χ3n) is 2.87. The summed E-state index contributed by atoms with van der Waals surface area (Å²) < 4.78 is 0. The van der Waals surface area contributed by atoms with E-state index in [1.165, 1.54) is 5.56 Å². The molecule has 3 rings (SSSR count). The molecule has 0 saturated heterocycles. The number of nitrogens with one attached hydrogen (secondary N) is 1. The molecular formula is C14H11ClN2. The number of benzene rings is 1. The Balaban J connectivity index is 2.33. The lowest BCUT2D eigenvalue weighted by Crippen LogP contribution is -1.79. The second kappa shape index (κ2) is 3.90. The average molecular weight is 243 g/mol. The van der Waals surface area contributed by atoms with E-state index < -0.39 is 0 Å². The standard InChI is InChI=1S/C14H11ClN2/c1-9-13(10-4-2-5-11(15)8-10)12-6-3-7-16-14(12)17-9/h2-8H,1H3,(H,16,17). The van der Waals surface area contributed by atoms with Crippen LogP contribution in [0.5, 0.6) is 0 Å². The number of fused-ring (bicyclic) bond motifs is 1. The van der Waals surface area contributed by atoms with Crippen molar-refractivity contribution in [3.8, 4) is 11.1 Å². The van der Waals surface area contributed by atoms with Crippen molar-refractivity contribution in [3.63, 3.8) is 0 Å². The predicted molar refractivity (Wildman–Crippen MR) is 71.3 cm³/mol. The molecule has 1 aromatic carbocycles. The molecule has 17 heavy (non-hydrogen) atoms. The van der Waals surface area contributed by atoms with Crippen LogP contribution < -0.4 is 0 Å². The monoisotopic (exact) mass is 242 g/mol. The number of hydrogen-bond acceptors (Lipinski definition) is 1. The highest BCUT2D eigenvalue weighted by Gasteiger charge is 2.10. The number of nitrogens with zero attached hydrogens (tertiary/aromatic N) is 1. The lowest BCUT2D eigenvalue weighted by atomic mass is 10.0. The summed E-state index contributed by atoms with van der Waals surface area (Å²) in [6, 6.07) is 11.9. The normalized spacial score (nSPS) is 10.9. The number of aryl methyl sites for hydroxylation is 1. The molecular weight excluding hydrogens is 232 g/mol. The van der Waals surface area contributed by atoms with Crippen LogP contribution in [0.15, 0.2) is 42.6 Å². The second-order valence-corrected chi connectivity index (χ2v) is 4.47. The zero-order valence-electron chi connectivity index (χ0n) is 9.37. The molecule has 0 bridgehead atoms. The molecule has 0 aliphatic carbocycles. The average Bonchev–Trinajstić information content (AvgIpc) is 2.64.